The van der Waals surface area contributed by atoms with Crippen LogP contribution >= 0.6 is 23.2 Å². The number of aromatic nitrogens is 1. The maximum Gasteiger partial charge on any atom is 0.342 e. The van der Waals surface area contributed by atoms with Crippen molar-refractivity contribution < 1.29 is 9.90 Å². The quantitative estimate of drug-likeness (QED) is 0.738. The first-order chi connectivity index (χ1) is 10.5. The molecule has 0 spiro atoms. The zero-order chi connectivity index (χ0) is 15.9. The number of benzene rings is 2. The summed E-state index contributed by atoms with van der Waals surface area (Å²) < 4.78 is 0. The van der Waals surface area contributed by atoms with E-state index in [2.05, 4.69) is 4.98 Å². The third kappa shape index (κ3) is 2.47. The average Bonchev–Trinajstić information content (AvgIpc) is 2.46. The molecule has 0 fully saturated rings. The zero-order valence-electron chi connectivity index (χ0n) is 11.1. The molecule has 3 rings (SSSR count). The summed E-state index contributed by atoms with van der Waals surface area (Å²) in [5, 5.41) is 10.9. The third-order valence-electron chi connectivity index (χ3n) is 3.30. The number of H-pyrrole nitrogens is 1. The number of hydrogen-bond donors (Lipinski definition) is 2. The van der Waals surface area contributed by atoms with E-state index in [1.165, 1.54) is 0 Å². The number of carbonyl (C=O) groups is 1. The van der Waals surface area contributed by atoms with Crippen LogP contribution in [0.25, 0.3) is 22.0 Å². The highest BCUT2D eigenvalue weighted by Gasteiger charge is 2.20. The van der Waals surface area contributed by atoms with Gasteiger partial charge >= 0.3 is 5.97 Å². The first-order valence-corrected chi connectivity index (χ1v) is 7.08. The predicted molar refractivity (Wildman–Crippen MR) is 87.0 cm³/mol. The smallest absolute Gasteiger partial charge is 0.342 e. The minimum absolute atomic E-state index is 0.302. The van der Waals surface area contributed by atoms with Gasteiger partial charge in [-0.25, -0.2) is 4.79 Å². The van der Waals surface area contributed by atoms with Gasteiger partial charge in [-0.05, 0) is 35.9 Å². The predicted octanol–water partition coefficient (Wildman–Crippen LogP) is 4.20. The van der Waals surface area contributed by atoms with Crippen molar-refractivity contribution in [2.24, 2.45) is 0 Å². The number of halogens is 2. The molecule has 0 saturated carbocycles. The molecule has 0 aliphatic carbocycles. The number of carboxylic acids is 1. The molecule has 110 valence electrons. The SMILES string of the molecule is O=C(O)c1c(-c2cccc(Cl)c2)c2cc(Cl)ccc2[nH]c1=O. The van der Waals surface area contributed by atoms with Crippen LogP contribution in [0.15, 0.2) is 47.3 Å². The number of aromatic amines is 1. The van der Waals surface area contributed by atoms with Crippen LogP contribution < -0.4 is 5.56 Å². The minimum atomic E-state index is -1.31. The molecule has 0 unspecified atom stereocenters. The molecule has 0 aliphatic rings. The number of fused-ring (bicyclic) bond motifs is 1. The summed E-state index contributed by atoms with van der Waals surface area (Å²) in [4.78, 5) is 26.2. The summed E-state index contributed by atoms with van der Waals surface area (Å²) >= 11 is 12.0. The normalized spacial score (nSPS) is 10.8. The Morgan fingerprint density at radius 3 is 2.45 bits per heavy atom. The van der Waals surface area contributed by atoms with Crippen LogP contribution in [0, 0.1) is 0 Å². The van der Waals surface area contributed by atoms with Crippen molar-refractivity contribution >= 4 is 40.1 Å². The van der Waals surface area contributed by atoms with Crippen LogP contribution in [-0.4, -0.2) is 16.1 Å². The van der Waals surface area contributed by atoms with Crippen molar-refractivity contribution in [1.82, 2.24) is 4.98 Å². The monoisotopic (exact) mass is 333 g/mol. The van der Waals surface area contributed by atoms with E-state index in [9.17, 15) is 14.7 Å². The highest BCUT2D eigenvalue weighted by atomic mass is 35.5. The van der Waals surface area contributed by atoms with E-state index in [1.807, 2.05) is 0 Å². The lowest BCUT2D eigenvalue weighted by atomic mass is 9.96. The molecule has 22 heavy (non-hydrogen) atoms. The van der Waals surface area contributed by atoms with Crippen molar-refractivity contribution in [3.05, 3.63) is 68.4 Å². The van der Waals surface area contributed by atoms with Crippen LogP contribution in [0.1, 0.15) is 10.4 Å². The van der Waals surface area contributed by atoms with E-state index < -0.39 is 11.5 Å². The van der Waals surface area contributed by atoms with Crippen LogP contribution in [0.2, 0.25) is 10.0 Å². The van der Waals surface area contributed by atoms with Crippen molar-refractivity contribution in [3.63, 3.8) is 0 Å². The number of aromatic carboxylic acids is 1. The van der Waals surface area contributed by atoms with Gasteiger partial charge in [-0.15, -0.1) is 0 Å². The molecule has 3 aromatic rings. The van der Waals surface area contributed by atoms with Crippen LogP contribution in [0.3, 0.4) is 0 Å². The lowest BCUT2D eigenvalue weighted by Crippen LogP contribution is -2.19. The van der Waals surface area contributed by atoms with Gasteiger partial charge in [-0.2, -0.15) is 0 Å². The largest absolute Gasteiger partial charge is 0.477 e. The first-order valence-electron chi connectivity index (χ1n) is 6.32. The molecule has 0 bridgehead atoms. The molecule has 1 aromatic heterocycles. The molecule has 4 nitrogen and oxygen atoms in total. The van der Waals surface area contributed by atoms with E-state index in [1.54, 1.807) is 42.5 Å². The molecule has 6 heteroatoms. The number of nitrogens with one attached hydrogen (secondary N) is 1. The number of hydrogen-bond acceptors (Lipinski definition) is 2. The molecule has 0 atom stereocenters. The summed E-state index contributed by atoms with van der Waals surface area (Å²) in [7, 11) is 0. The Balaban J connectivity index is 2.53. The van der Waals surface area contributed by atoms with Gasteiger partial charge in [0.15, 0.2) is 0 Å². The molecule has 0 radical (unpaired) electrons. The van der Waals surface area contributed by atoms with Gasteiger partial charge in [0, 0.05) is 26.5 Å². The van der Waals surface area contributed by atoms with Crippen molar-refractivity contribution in [3.8, 4) is 11.1 Å². The summed E-state index contributed by atoms with van der Waals surface area (Å²) in [6.07, 6.45) is 0. The van der Waals surface area contributed by atoms with Crippen molar-refractivity contribution in [1.29, 1.82) is 0 Å². The summed E-state index contributed by atoms with van der Waals surface area (Å²) in [6.45, 7) is 0. The molecule has 0 aliphatic heterocycles. The van der Waals surface area contributed by atoms with E-state index in [4.69, 9.17) is 23.2 Å². The molecule has 1 heterocycles. The van der Waals surface area contributed by atoms with E-state index >= 15 is 0 Å². The zero-order valence-corrected chi connectivity index (χ0v) is 12.6. The van der Waals surface area contributed by atoms with Crippen molar-refractivity contribution in [2.75, 3.05) is 0 Å². The summed E-state index contributed by atoms with van der Waals surface area (Å²) in [5.74, 6) is -1.31. The van der Waals surface area contributed by atoms with Gasteiger partial charge < -0.3 is 10.1 Å². The Kier molecular flexibility index (Phi) is 3.64. The Morgan fingerprint density at radius 2 is 1.77 bits per heavy atom. The van der Waals surface area contributed by atoms with Gasteiger partial charge in [0.05, 0.1) is 0 Å². The Bertz CT molecular complexity index is 963. The van der Waals surface area contributed by atoms with E-state index in [0.717, 1.165) is 0 Å². The highest BCUT2D eigenvalue weighted by Crippen LogP contribution is 2.32. The minimum Gasteiger partial charge on any atom is -0.477 e. The van der Waals surface area contributed by atoms with Crippen LogP contribution in [-0.2, 0) is 0 Å². The highest BCUT2D eigenvalue weighted by molar-refractivity contribution is 6.32. The Morgan fingerprint density at radius 1 is 1.05 bits per heavy atom. The lowest BCUT2D eigenvalue weighted by Gasteiger charge is -2.11. The maximum absolute atomic E-state index is 12.1. The fourth-order valence-corrected chi connectivity index (χ4v) is 2.78. The van der Waals surface area contributed by atoms with Gasteiger partial charge in [0.25, 0.3) is 5.56 Å². The van der Waals surface area contributed by atoms with Crippen LogP contribution in [0.4, 0.5) is 0 Å². The Labute approximate surface area is 134 Å². The second-order valence-corrected chi connectivity index (χ2v) is 5.58. The average molecular weight is 334 g/mol. The fourth-order valence-electron chi connectivity index (χ4n) is 2.41. The number of pyridine rings is 1. The lowest BCUT2D eigenvalue weighted by molar-refractivity contribution is 0.0696. The van der Waals surface area contributed by atoms with Gasteiger partial charge in [0.1, 0.15) is 5.56 Å². The second-order valence-electron chi connectivity index (χ2n) is 4.71. The number of carboxylic acid groups (broad SMARTS) is 1. The fraction of sp³-hybridized carbons (Fsp3) is 0. The van der Waals surface area contributed by atoms with E-state index in [-0.39, 0.29) is 5.56 Å². The topological polar surface area (TPSA) is 70.2 Å². The maximum atomic E-state index is 12.1. The van der Waals surface area contributed by atoms with Gasteiger partial charge in [-0.3, -0.25) is 4.79 Å². The van der Waals surface area contributed by atoms with Gasteiger partial charge in [-0.1, -0.05) is 35.3 Å². The molecule has 0 saturated heterocycles. The van der Waals surface area contributed by atoms with Crippen molar-refractivity contribution in [2.45, 2.75) is 0 Å². The Hall–Kier alpha value is -2.30. The standard InChI is InChI=1S/C16H9Cl2NO3/c17-9-3-1-2-8(6-9)13-11-7-10(18)4-5-12(11)19-15(20)14(13)16(21)22/h1-7H,(H,19,20)(H,21,22). The molecular weight excluding hydrogens is 325 g/mol. The molecular formula is C16H9Cl2NO3. The summed E-state index contributed by atoms with van der Waals surface area (Å²) in [6, 6.07) is 11.6. The molecule has 2 N–H and O–H groups in total. The number of rotatable bonds is 2. The molecule has 2 aromatic carbocycles. The third-order valence-corrected chi connectivity index (χ3v) is 3.77. The van der Waals surface area contributed by atoms with E-state index in [0.29, 0.717) is 32.1 Å². The van der Waals surface area contributed by atoms with Gasteiger partial charge in [0.2, 0.25) is 0 Å². The van der Waals surface area contributed by atoms with Crippen LogP contribution in [0.5, 0.6) is 0 Å². The molecule has 0 amide bonds. The summed E-state index contributed by atoms with van der Waals surface area (Å²) in [5.41, 5.74) is 0.350. The first kappa shape index (κ1) is 14.6. The second kappa shape index (κ2) is 5.48.